The molecule has 1 rings (SSSR count). The van der Waals surface area contributed by atoms with Gasteiger partial charge in [-0.25, -0.2) is 0 Å². The Morgan fingerprint density at radius 1 is 0.808 bits per heavy atom. The van der Waals surface area contributed by atoms with Crippen molar-refractivity contribution in [1.82, 2.24) is 0 Å². The molecule has 1 aromatic carbocycles. The fraction of sp³-hybridized carbons (Fsp3) is 0.636. The van der Waals surface area contributed by atoms with Crippen molar-refractivity contribution in [2.24, 2.45) is 0 Å². The van der Waals surface area contributed by atoms with Gasteiger partial charge < -0.3 is 10.2 Å². The summed E-state index contributed by atoms with van der Waals surface area (Å²) in [5, 5.41) is 19.3. The lowest BCUT2D eigenvalue weighted by molar-refractivity contribution is -0.144. The van der Waals surface area contributed by atoms with E-state index in [4.69, 9.17) is 0 Å². The van der Waals surface area contributed by atoms with E-state index in [2.05, 4.69) is 6.92 Å². The van der Waals surface area contributed by atoms with Crippen LogP contribution in [0.15, 0.2) is 18.2 Å². The van der Waals surface area contributed by atoms with Crippen LogP contribution in [-0.2, 0) is 26.8 Å². The van der Waals surface area contributed by atoms with E-state index in [0.717, 1.165) is 18.4 Å². The summed E-state index contributed by atoms with van der Waals surface area (Å²) in [5.74, 6) is -1.90. The largest absolute Gasteiger partial charge is 0.481 e. The molecule has 0 amide bonds. The lowest BCUT2D eigenvalue weighted by Crippen LogP contribution is -2.36. The number of aryl methyl sites for hydroxylation is 1. The second kappa shape index (κ2) is 9.20. The molecule has 0 saturated carbocycles. The van der Waals surface area contributed by atoms with Crippen molar-refractivity contribution in [2.75, 3.05) is 0 Å². The molecule has 0 aromatic heterocycles. The van der Waals surface area contributed by atoms with Gasteiger partial charge in [-0.2, -0.15) is 0 Å². The highest BCUT2D eigenvalue weighted by atomic mass is 16.4. The molecule has 0 aliphatic heterocycles. The van der Waals surface area contributed by atoms with Crippen LogP contribution in [0, 0.1) is 0 Å². The quantitative estimate of drug-likeness (QED) is 0.523. The maximum atomic E-state index is 11.8. The highest BCUT2D eigenvalue weighted by Crippen LogP contribution is 2.36. The number of carbonyl (C=O) groups is 2. The van der Waals surface area contributed by atoms with E-state index < -0.39 is 22.8 Å². The average molecular weight is 363 g/mol. The SMILES string of the molecule is CCCCCCCCc1ccc(C(C)(C)C(=O)O)c(C(C)(C)C(=O)O)c1. The predicted molar refractivity (Wildman–Crippen MR) is 105 cm³/mol. The van der Waals surface area contributed by atoms with Gasteiger partial charge in [0.1, 0.15) is 0 Å². The molecular formula is C22H34O4. The van der Waals surface area contributed by atoms with Crippen LogP contribution in [0.4, 0.5) is 0 Å². The van der Waals surface area contributed by atoms with E-state index >= 15 is 0 Å². The molecule has 0 fully saturated rings. The first kappa shape index (κ1) is 22.2. The Balaban J connectivity index is 3.09. The lowest BCUT2D eigenvalue weighted by Gasteiger charge is -2.30. The fourth-order valence-corrected chi connectivity index (χ4v) is 3.15. The summed E-state index contributed by atoms with van der Waals surface area (Å²) < 4.78 is 0. The number of hydrogen-bond donors (Lipinski definition) is 2. The minimum absolute atomic E-state index is 0.573. The van der Waals surface area contributed by atoms with Crippen molar-refractivity contribution in [3.8, 4) is 0 Å². The summed E-state index contributed by atoms with van der Waals surface area (Å²) in [6.45, 7) is 8.73. The Hall–Kier alpha value is -1.84. The van der Waals surface area contributed by atoms with E-state index in [1.807, 2.05) is 12.1 Å². The molecule has 1 aromatic rings. The van der Waals surface area contributed by atoms with Crippen molar-refractivity contribution in [3.05, 3.63) is 34.9 Å². The van der Waals surface area contributed by atoms with Crippen LogP contribution in [0.1, 0.15) is 89.8 Å². The topological polar surface area (TPSA) is 74.6 Å². The third kappa shape index (κ3) is 5.33. The highest BCUT2D eigenvalue weighted by molar-refractivity contribution is 5.85. The van der Waals surface area contributed by atoms with Gasteiger partial charge in [-0.15, -0.1) is 0 Å². The zero-order valence-electron chi connectivity index (χ0n) is 16.9. The van der Waals surface area contributed by atoms with Gasteiger partial charge in [-0.1, -0.05) is 57.2 Å². The molecule has 0 unspecified atom stereocenters. The number of hydrogen-bond acceptors (Lipinski definition) is 2. The van der Waals surface area contributed by atoms with E-state index in [-0.39, 0.29) is 0 Å². The van der Waals surface area contributed by atoms with Crippen LogP contribution in [0.5, 0.6) is 0 Å². The second-order valence-corrected chi connectivity index (χ2v) is 8.26. The minimum Gasteiger partial charge on any atom is -0.481 e. The first-order valence-corrected chi connectivity index (χ1v) is 9.65. The number of benzene rings is 1. The first-order valence-electron chi connectivity index (χ1n) is 9.65. The smallest absolute Gasteiger partial charge is 0.313 e. The summed E-state index contributed by atoms with van der Waals surface area (Å²) in [6, 6.07) is 5.66. The van der Waals surface area contributed by atoms with Crippen LogP contribution < -0.4 is 0 Å². The second-order valence-electron chi connectivity index (χ2n) is 8.26. The zero-order valence-corrected chi connectivity index (χ0v) is 16.9. The standard InChI is InChI=1S/C22H34O4/c1-6-7-8-9-10-11-12-16-13-14-17(21(2,3)19(23)24)18(15-16)22(4,5)20(25)26/h13-15H,6-12H2,1-5H3,(H,23,24)(H,25,26). The number of unbranched alkanes of at least 4 members (excludes halogenated alkanes) is 5. The molecule has 0 aliphatic rings. The van der Waals surface area contributed by atoms with Crippen LogP contribution in [0.3, 0.4) is 0 Å². The van der Waals surface area contributed by atoms with Crippen molar-refractivity contribution >= 4 is 11.9 Å². The average Bonchev–Trinajstić information content (AvgIpc) is 2.57. The molecule has 2 N–H and O–H groups in total. The van der Waals surface area contributed by atoms with Crippen molar-refractivity contribution in [3.63, 3.8) is 0 Å². The van der Waals surface area contributed by atoms with Gasteiger partial charge in [0.25, 0.3) is 0 Å². The molecule has 4 heteroatoms. The van der Waals surface area contributed by atoms with Gasteiger partial charge in [0.05, 0.1) is 10.8 Å². The lowest BCUT2D eigenvalue weighted by atomic mass is 9.72. The molecular weight excluding hydrogens is 328 g/mol. The monoisotopic (exact) mass is 362 g/mol. The Morgan fingerprint density at radius 3 is 1.85 bits per heavy atom. The summed E-state index contributed by atoms with van der Waals surface area (Å²) in [6.07, 6.45) is 8.12. The van der Waals surface area contributed by atoms with Gasteiger partial charge in [-0.05, 0) is 57.2 Å². The maximum absolute atomic E-state index is 11.8. The molecule has 0 saturated heterocycles. The molecule has 0 heterocycles. The van der Waals surface area contributed by atoms with Gasteiger partial charge in [0.15, 0.2) is 0 Å². The summed E-state index contributed by atoms with van der Waals surface area (Å²) in [7, 11) is 0. The normalized spacial score (nSPS) is 12.2. The van der Waals surface area contributed by atoms with Crippen LogP contribution in [0.25, 0.3) is 0 Å². The fourth-order valence-electron chi connectivity index (χ4n) is 3.15. The summed E-state index contributed by atoms with van der Waals surface area (Å²) in [4.78, 5) is 23.5. The summed E-state index contributed by atoms with van der Waals surface area (Å²) >= 11 is 0. The molecule has 26 heavy (non-hydrogen) atoms. The van der Waals surface area contributed by atoms with Gasteiger partial charge in [0, 0.05) is 0 Å². The molecule has 146 valence electrons. The van der Waals surface area contributed by atoms with Gasteiger partial charge in [-0.3, -0.25) is 9.59 Å². The van der Waals surface area contributed by atoms with E-state index in [1.165, 1.54) is 32.1 Å². The molecule has 0 aliphatic carbocycles. The van der Waals surface area contributed by atoms with Gasteiger partial charge in [0.2, 0.25) is 0 Å². The first-order chi connectivity index (χ1) is 12.0. The maximum Gasteiger partial charge on any atom is 0.313 e. The number of aliphatic carboxylic acids is 2. The molecule has 0 radical (unpaired) electrons. The van der Waals surface area contributed by atoms with Gasteiger partial charge >= 0.3 is 11.9 Å². The predicted octanol–water partition coefficient (Wildman–Crippen LogP) is 5.31. The van der Waals surface area contributed by atoms with Crippen molar-refractivity contribution in [2.45, 2.75) is 90.4 Å². The third-order valence-corrected chi connectivity index (χ3v) is 5.32. The van der Waals surface area contributed by atoms with Crippen LogP contribution >= 0.6 is 0 Å². The highest BCUT2D eigenvalue weighted by Gasteiger charge is 2.39. The number of carboxylic acid groups (broad SMARTS) is 2. The summed E-state index contributed by atoms with van der Waals surface area (Å²) in [5.41, 5.74) is -0.0281. The number of carboxylic acids is 2. The Labute approximate surface area is 157 Å². The molecule has 0 bridgehead atoms. The van der Waals surface area contributed by atoms with E-state index in [1.54, 1.807) is 33.8 Å². The molecule has 0 atom stereocenters. The van der Waals surface area contributed by atoms with E-state index in [0.29, 0.717) is 11.1 Å². The third-order valence-electron chi connectivity index (χ3n) is 5.32. The Bertz CT molecular complexity index is 629. The van der Waals surface area contributed by atoms with E-state index in [9.17, 15) is 19.8 Å². The zero-order chi connectivity index (χ0) is 20.0. The minimum atomic E-state index is -1.14. The Morgan fingerprint density at radius 2 is 1.31 bits per heavy atom. The van der Waals surface area contributed by atoms with Crippen molar-refractivity contribution in [1.29, 1.82) is 0 Å². The molecule has 0 spiro atoms. The van der Waals surface area contributed by atoms with Crippen LogP contribution in [-0.4, -0.2) is 22.2 Å². The van der Waals surface area contributed by atoms with Crippen molar-refractivity contribution < 1.29 is 19.8 Å². The van der Waals surface area contributed by atoms with Crippen LogP contribution in [0.2, 0.25) is 0 Å². The Kier molecular flexibility index (Phi) is 7.86. The molecule has 4 nitrogen and oxygen atoms in total. The number of rotatable bonds is 11.